The van der Waals surface area contributed by atoms with Crippen LogP contribution in [-0.4, -0.2) is 40.8 Å². The van der Waals surface area contributed by atoms with Gasteiger partial charge in [0.15, 0.2) is 0 Å². The largest absolute Gasteiger partial charge is 0.480 e. The fourth-order valence-corrected chi connectivity index (χ4v) is 2.06. The van der Waals surface area contributed by atoms with E-state index in [9.17, 15) is 9.59 Å². The summed E-state index contributed by atoms with van der Waals surface area (Å²) < 4.78 is 5.02. The van der Waals surface area contributed by atoms with E-state index in [-0.39, 0.29) is 18.7 Å². The molecule has 1 saturated carbocycles. The van der Waals surface area contributed by atoms with Crippen molar-refractivity contribution in [1.29, 1.82) is 0 Å². The lowest BCUT2D eigenvalue weighted by atomic mass is 10.2. The number of fused-ring (bicyclic) bond motifs is 1. The summed E-state index contributed by atoms with van der Waals surface area (Å²) in [5, 5.41) is 8.56. The molecule has 0 spiro atoms. The van der Waals surface area contributed by atoms with Crippen LogP contribution in [0.15, 0.2) is 0 Å². The number of ether oxygens (including phenoxy) is 1. The molecule has 0 radical (unpaired) electrons. The van der Waals surface area contributed by atoms with E-state index in [0.29, 0.717) is 0 Å². The Kier molecular flexibility index (Phi) is 1.86. The van der Waals surface area contributed by atoms with Gasteiger partial charge in [-0.25, -0.2) is 4.79 Å². The molecule has 2 atom stereocenters. The molecular formula is C8H11NO4. The summed E-state index contributed by atoms with van der Waals surface area (Å²) in [5.74, 6) is -0.982. The molecule has 0 aromatic heterocycles. The molecular weight excluding hydrogens is 174 g/mol. The lowest BCUT2D eigenvalue weighted by Gasteiger charge is -2.16. The third-order valence-electron chi connectivity index (χ3n) is 2.61. The summed E-state index contributed by atoms with van der Waals surface area (Å²) in [7, 11) is 0. The first kappa shape index (κ1) is 8.34. The van der Waals surface area contributed by atoms with Gasteiger partial charge in [-0.2, -0.15) is 0 Å². The molecule has 13 heavy (non-hydrogen) atoms. The van der Waals surface area contributed by atoms with Gasteiger partial charge in [-0.05, 0) is 19.3 Å². The monoisotopic (exact) mass is 185 g/mol. The minimum atomic E-state index is -0.982. The Labute approximate surface area is 75.3 Å². The molecule has 0 aromatic carbocycles. The van der Waals surface area contributed by atoms with Crippen molar-refractivity contribution in [3.05, 3.63) is 0 Å². The highest BCUT2D eigenvalue weighted by molar-refractivity contribution is 5.78. The first-order chi connectivity index (χ1) is 6.18. The summed E-state index contributed by atoms with van der Waals surface area (Å²) in [5.41, 5.74) is 0. The van der Waals surface area contributed by atoms with Crippen molar-refractivity contribution in [3.8, 4) is 0 Å². The molecule has 1 saturated heterocycles. The van der Waals surface area contributed by atoms with E-state index in [4.69, 9.17) is 9.84 Å². The third kappa shape index (κ3) is 1.34. The van der Waals surface area contributed by atoms with Gasteiger partial charge < -0.3 is 9.84 Å². The Morgan fingerprint density at radius 3 is 3.08 bits per heavy atom. The van der Waals surface area contributed by atoms with Crippen molar-refractivity contribution in [2.45, 2.75) is 31.4 Å². The van der Waals surface area contributed by atoms with Crippen molar-refractivity contribution < 1.29 is 19.4 Å². The maximum Gasteiger partial charge on any atom is 0.411 e. The summed E-state index contributed by atoms with van der Waals surface area (Å²) >= 11 is 0. The molecule has 72 valence electrons. The highest BCUT2D eigenvalue weighted by Crippen LogP contribution is 2.32. The Balaban J connectivity index is 2.08. The van der Waals surface area contributed by atoms with E-state index in [1.807, 2.05) is 0 Å². The molecule has 2 aliphatic rings. The van der Waals surface area contributed by atoms with Gasteiger partial charge in [0.1, 0.15) is 12.6 Å². The lowest BCUT2D eigenvalue weighted by Crippen LogP contribution is -2.37. The van der Waals surface area contributed by atoms with Crippen molar-refractivity contribution in [2.75, 3.05) is 6.54 Å². The molecule has 5 nitrogen and oxygen atoms in total. The highest BCUT2D eigenvalue weighted by atomic mass is 16.6. The summed E-state index contributed by atoms with van der Waals surface area (Å²) in [6.45, 7) is -0.236. The molecule has 0 aromatic rings. The van der Waals surface area contributed by atoms with Gasteiger partial charge in [0.25, 0.3) is 0 Å². The van der Waals surface area contributed by atoms with Crippen molar-refractivity contribution in [3.63, 3.8) is 0 Å². The maximum atomic E-state index is 11.2. The lowest BCUT2D eigenvalue weighted by molar-refractivity contribution is -0.137. The quantitative estimate of drug-likeness (QED) is 0.678. The average Bonchev–Trinajstić information content (AvgIpc) is 2.55. The number of nitrogens with zero attached hydrogens (tertiary/aromatic N) is 1. The molecule has 0 bridgehead atoms. The van der Waals surface area contributed by atoms with E-state index in [2.05, 4.69) is 0 Å². The molecule has 1 amide bonds. The van der Waals surface area contributed by atoms with Crippen LogP contribution >= 0.6 is 0 Å². The fourth-order valence-electron chi connectivity index (χ4n) is 2.06. The van der Waals surface area contributed by atoms with Crippen LogP contribution in [0.5, 0.6) is 0 Å². The highest BCUT2D eigenvalue weighted by Gasteiger charge is 2.44. The van der Waals surface area contributed by atoms with Gasteiger partial charge in [-0.15, -0.1) is 0 Å². The molecule has 5 heteroatoms. The number of amides is 1. The molecule has 2 fully saturated rings. The number of carboxylic acid groups (broad SMARTS) is 1. The van der Waals surface area contributed by atoms with Crippen molar-refractivity contribution in [1.82, 2.24) is 4.90 Å². The van der Waals surface area contributed by atoms with E-state index in [1.54, 1.807) is 0 Å². The molecule has 2 unspecified atom stereocenters. The van der Waals surface area contributed by atoms with Crippen LogP contribution in [0.2, 0.25) is 0 Å². The Morgan fingerprint density at radius 2 is 2.38 bits per heavy atom. The first-order valence-corrected chi connectivity index (χ1v) is 4.37. The van der Waals surface area contributed by atoms with Gasteiger partial charge in [-0.3, -0.25) is 9.69 Å². The van der Waals surface area contributed by atoms with E-state index in [1.165, 1.54) is 4.90 Å². The van der Waals surface area contributed by atoms with Crippen LogP contribution in [0, 0.1) is 0 Å². The number of hydrogen-bond acceptors (Lipinski definition) is 3. The summed E-state index contributed by atoms with van der Waals surface area (Å²) in [4.78, 5) is 22.9. The predicted molar refractivity (Wildman–Crippen MR) is 42.2 cm³/mol. The van der Waals surface area contributed by atoms with Crippen LogP contribution in [-0.2, 0) is 9.53 Å². The van der Waals surface area contributed by atoms with Gasteiger partial charge >= 0.3 is 12.1 Å². The molecule has 2 rings (SSSR count). The SMILES string of the molecule is O=C(O)CN1C(=O)OC2CCCC21. The molecule has 1 aliphatic carbocycles. The zero-order chi connectivity index (χ0) is 9.42. The third-order valence-corrected chi connectivity index (χ3v) is 2.61. The van der Waals surface area contributed by atoms with Crippen LogP contribution in [0.25, 0.3) is 0 Å². The Hall–Kier alpha value is -1.26. The average molecular weight is 185 g/mol. The van der Waals surface area contributed by atoms with Crippen LogP contribution < -0.4 is 0 Å². The number of rotatable bonds is 2. The summed E-state index contributed by atoms with van der Waals surface area (Å²) in [6, 6.07) is 0.00333. The minimum absolute atomic E-state index is 0.00333. The zero-order valence-electron chi connectivity index (χ0n) is 7.10. The number of carboxylic acids is 1. The Morgan fingerprint density at radius 1 is 1.62 bits per heavy atom. The number of aliphatic carboxylic acids is 1. The zero-order valence-corrected chi connectivity index (χ0v) is 7.10. The fraction of sp³-hybridized carbons (Fsp3) is 0.750. The second-order valence-electron chi connectivity index (χ2n) is 3.44. The smallest absolute Gasteiger partial charge is 0.411 e. The van der Waals surface area contributed by atoms with Crippen LogP contribution in [0.1, 0.15) is 19.3 Å². The van der Waals surface area contributed by atoms with Gasteiger partial charge in [0.05, 0.1) is 6.04 Å². The summed E-state index contributed by atoms with van der Waals surface area (Å²) in [6.07, 6.45) is 2.21. The molecule has 1 heterocycles. The van der Waals surface area contributed by atoms with E-state index in [0.717, 1.165) is 19.3 Å². The molecule has 1 aliphatic heterocycles. The molecule has 1 N–H and O–H groups in total. The number of hydrogen-bond donors (Lipinski definition) is 1. The Bertz CT molecular complexity index is 253. The first-order valence-electron chi connectivity index (χ1n) is 4.37. The predicted octanol–water partition coefficient (Wildman–Crippen LogP) is 0.444. The van der Waals surface area contributed by atoms with Gasteiger partial charge in [0.2, 0.25) is 0 Å². The standard InChI is InChI=1S/C8H11NO4/c10-7(11)4-9-5-2-1-3-6(5)13-8(9)12/h5-6H,1-4H2,(H,10,11). The minimum Gasteiger partial charge on any atom is -0.480 e. The topological polar surface area (TPSA) is 66.8 Å². The van der Waals surface area contributed by atoms with Gasteiger partial charge in [0, 0.05) is 0 Å². The number of carbonyl (C=O) groups excluding carboxylic acids is 1. The normalized spacial score (nSPS) is 31.7. The maximum absolute atomic E-state index is 11.2. The van der Waals surface area contributed by atoms with Gasteiger partial charge in [-0.1, -0.05) is 0 Å². The second-order valence-corrected chi connectivity index (χ2v) is 3.44. The van der Waals surface area contributed by atoms with E-state index < -0.39 is 12.1 Å². The van der Waals surface area contributed by atoms with Crippen molar-refractivity contribution in [2.24, 2.45) is 0 Å². The second kappa shape index (κ2) is 2.90. The van der Waals surface area contributed by atoms with Crippen molar-refractivity contribution >= 4 is 12.1 Å². The van der Waals surface area contributed by atoms with Crippen LogP contribution in [0.3, 0.4) is 0 Å². The van der Waals surface area contributed by atoms with Crippen LogP contribution in [0.4, 0.5) is 4.79 Å². The number of carbonyl (C=O) groups is 2. The van der Waals surface area contributed by atoms with E-state index >= 15 is 0 Å².